The molecule has 9 heteroatoms. The molecule has 0 saturated heterocycles. The Kier molecular flexibility index (Phi) is 6.64. The number of anilines is 1. The Morgan fingerprint density at radius 3 is 2.56 bits per heavy atom. The second-order valence-electron chi connectivity index (χ2n) is 8.34. The molecule has 36 heavy (non-hydrogen) atoms. The summed E-state index contributed by atoms with van der Waals surface area (Å²) in [6.45, 7) is 2.29. The number of carbonyl (C=O) groups excluding carboxylic acids is 2. The summed E-state index contributed by atoms with van der Waals surface area (Å²) in [7, 11) is 0. The minimum Gasteiger partial charge on any atom is -0.350 e. The van der Waals surface area contributed by atoms with E-state index in [2.05, 4.69) is 46.7 Å². The fourth-order valence-corrected chi connectivity index (χ4v) is 4.37. The van der Waals surface area contributed by atoms with Crippen LogP contribution >= 0.6 is 15.9 Å². The lowest BCUT2D eigenvalue weighted by molar-refractivity contribution is 0.0947. The van der Waals surface area contributed by atoms with E-state index < -0.39 is 0 Å². The van der Waals surface area contributed by atoms with Crippen LogP contribution in [0.1, 0.15) is 32.0 Å². The van der Waals surface area contributed by atoms with Crippen LogP contribution in [0.2, 0.25) is 0 Å². The smallest absolute Gasteiger partial charge is 0.270 e. The Labute approximate surface area is 215 Å². The van der Waals surface area contributed by atoms with E-state index in [1.807, 2.05) is 67.6 Å². The van der Waals surface area contributed by atoms with Crippen LogP contribution < -0.4 is 10.6 Å². The molecule has 3 aromatic carbocycles. The van der Waals surface area contributed by atoms with Crippen LogP contribution in [0.5, 0.6) is 0 Å². The topological polar surface area (TPSA) is 116 Å². The summed E-state index contributed by atoms with van der Waals surface area (Å²) in [5.74, 6) is 0.467. The molecule has 0 saturated carbocycles. The number of nitrogens with one attached hydrogen (secondary N) is 4. The predicted molar refractivity (Wildman–Crippen MR) is 143 cm³/mol. The molecule has 4 N–H and O–H groups in total. The zero-order valence-electron chi connectivity index (χ0n) is 19.4. The van der Waals surface area contributed by atoms with Crippen molar-refractivity contribution in [3.8, 4) is 11.4 Å². The molecule has 5 aromatic rings. The van der Waals surface area contributed by atoms with Crippen LogP contribution in [0, 0.1) is 6.92 Å². The van der Waals surface area contributed by atoms with E-state index in [1.165, 1.54) is 0 Å². The van der Waals surface area contributed by atoms with Gasteiger partial charge in [0.25, 0.3) is 11.8 Å². The highest BCUT2D eigenvalue weighted by Crippen LogP contribution is 2.25. The number of amides is 2. The van der Waals surface area contributed by atoms with Gasteiger partial charge in [0.2, 0.25) is 0 Å². The molecule has 0 unspecified atom stereocenters. The molecule has 0 aliphatic heterocycles. The number of imidazole rings is 1. The average molecular weight is 543 g/mol. The van der Waals surface area contributed by atoms with Gasteiger partial charge in [-0.3, -0.25) is 14.7 Å². The number of hydrogen-bond acceptors (Lipinski definition) is 4. The third kappa shape index (κ3) is 4.92. The molecule has 2 heterocycles. The number of aryl methyl sites for hydroxylation is 1. The molecule has 8 nitrogen and oxygen atoms in total. The van der Waals surface area contributed by atoms with Crippen LogP contribution in [0.15, 0.2) is 77.3 Å². The van der Waals surface area contributed by atoms with Crippen molar-refractivity contribution in [2.75, 3.05) is 11.9 Å². The maximum absolute atomic E-state index is 12.7. The molecule has 180 valence electrons. The molecule has 0 bridgehead atoms. The fourth-order valence-electron chi connectivity index (χ4n) is 3.92. The molecule has 5 rings (SSSR count). The largest absolute Gasteiger partial charge is 0.350 e. The van der Waals surface area contributed by atoms with Crippen molar-refractivity contribution in [1.82, 2.24) is 25.5 Å². The van der Waals surface area contributed by atoms with Gasteiger partial charge < -0.3 is 15.6 Å². The summed E-state index contributed by atoms with van der Waals surface area (Å²) in [5, 5.41) is 12.4. The SMILES string of the molecule is Cc1ccccc1C(=O)Nc1n[nH]c(C(=O)NCCc2ccc3nc(-c4ccccc4)[nH]c3c2)c1Br. The van der Waals surface area contributed by atoms with Crippen molar-refractivity contribution in [2.24, 2.45) is 0 Å². The summed E-state index contributed by atoms with van der Waals surface area (Å²) in [6, 6.07) is 23.3. The second kappa shape index (κ2) is 10.2. The lowest BCUT2D eigenvalue weighted by Gasteiger charge is -2.06. The standard InChI is InChI=1S/C27H23BrN6O2/c1-16-7-5-6-10-19(16)26(35)32-25-22(28)23(33-34-25)27(36)29-14-13-17-11-12-20-21(15-17)31-24(30-20)18-8-3-2-4-9-18/h2-12,15H,13-14H2,1H3,(H,29,36)(H,30,31)(H2,32,33,34,35). The van der Waals surface area contributed by atoms with E-state index in [0.717, 1.165) is 33.5 Å². The maximum Gasteiger partial charge on any atom is 0.270 e. The molecular formula is C27H23BrN6O2. The number of carbonyl (C=O) groups is 2. The van der Waals surface area contributed by atoms with E-state index in [0.29, 0.717) is 23.0 Å². The first kappa shape index (κ1) is 23.5. The third-order valence-corrected chi connectivity index (χ3v) is 6.62. The molecule has 2 amide bonds. The van der Waals surface area contributed by atoms with E-state index >= 15 is 0 Å². The molecule has 0 fully saturated rings. The summed E-state index contributed by atoms with van der Waals surface area (Å²) in [4.78, 5) is 33.3. The zero-order chi connectivity index (χ0) is 25.1. The van der Waals surface area contributed by atoms with Gasteiger partial charge in [0, 0.05) is 17.7 Å². The molecule has 0 atom stereocenters. The molecule has 0 spiro atoms. The number of benzene rings is 3. The lowest BCUT2D eigenvalue weighted by Crippen LogP contribution is -2.26. The van der Waals surface area contributed by atoms with Gasteiger partial charge in [0.05, 0.1) is 15.5 Å². The normalized spacial score (nSPS) is 10.9. The first-order valence-electron chi connectivity index (χ1n) is 11.4. The Hall–Kier alpha value is -4.24. The minimum absolute atomic E-state index is 0.242. The second-order valence-corrected chi connectivity index (χ2v) is 9.13. The number of nitrogens with zero attached hydrogens (tertiary/aromatic N) is 2. The maximum atomic E-state index is 12.7. The predicted octanol–water partition coefficient (Wildman–Crippen LogP) is 5.25. The Morgan fingerprint density at radius 1 is 0.972 bits per heavy atom. The molecule has 0 aliphatic carbocycles. The van der Waals surface area contributed by atoms with Crippen molar-refractivity contribution in [2.45, 2.75) is 13.3 Å². The summed E-state index contributed by atoms with van der Waals surface area (Å²) in [6.07, 6.45) is 0.643. The van der Waals surface area contributed by atoms with Crippen LogP contribution in [-0.2, 0) is 6.42 Å². The van der Waals surface area contributed by atoms with Gasteiger partial charge >= 0.3 is 0 Å². The summed E-state index contributed by atoms with van der Waals surface area (Å²) < 4.78 is 0.397. The molecule has 2 aromatic heterocycles. The van der Waals surface area contributed by atoms with Gasteiger partial charge in [-0.2, -0.15) is 5.10 Å². The van der Waals surface area contributed by atoms with Crippen LogP contribution in [0.3, 0.4) is 0 Å². The van der Waals surface area contributed by atoms with E-state index in [4.69, 9.17) is 0 Å². The average Bonchev–Trinajstić information content (AvgIpc) is 3.48. The fraction of sp³-hybridized carbons (Fsp3) is 0.111. The monoisotopic (exact) mass is 542 g/mol. The quantitative estimate of drug-likeness (QED) is 0.225. The van der Waals surface area contributed by atoms with E-state index in [-0.39, 0.29) is 23.3 Å². The number of hydrogen-bond donors (Lipinski definition) is 4. The van der Waals surface area contributed by atoms with E-state index in [9.17, 15) is 9.59 Å². The number of aromatic amines is 2. The first-order chi connectivity index (χ1) is 17.5. The molecular weight excluding hydrogens is 520 g/mol. The van der Waals surface area contributed by atoms with Crippen LogP contribution in [0.25, 0.3) is 22.4 Å². The van der Waals surface area contributed by atoms with Gasteiger partial charge in [-0.15, -0.1) is 0 Å². The zero-order valence-corrected chi connectivity index (χ0v) is 21.0. The van der Waals surface area contributed by atoms with Gasteiger partial charge in [0.1, 0.15) is 11.5 Å². The Bertz CT molecular complexity index is 1560. The highest BCUT2D eigenvalue weighted by Gasteiger charge is 2.19. The number of fused-ring (bicyclic) bond motifs is 1. The Morgan fingerprint density at radius 2 is 1.75 bits per heavy atom. The summed E-state index contributed by atoms with van der Waals surface area (Å²) >= 11 is 3.38. The number of rotatable bonds is 7. The minimum atomic E-state index is -0.320. The number of aromatic nitrogens is 4. The van der Waals surface area contributed by atoms with Crippen LogP contribution in [-0.4, -0.2) is 38.5 Å². The van der Waals surface area contributed by atoms with Gasteiger partial charge in [-0.1, -0.05) is 54.6 Å². The van der Waals surface area contributed by atoms with Gasteiger partial charge in [0.15, 0.2) is 5.82 Å². The van der Waals surface area contributed by atoms with Gasteiger partial charge in [-0.25, -0.2) is 4.98 Å². The number of halogens is 1. The lowest BCUT2D eigenvalue weighted by atomic mass is 10.1. The van der Waals surface area contributed by atoms with Gasteiger partial charge in [-0.05, 0) is 58.6 Å². The van der Waals surface area contributed by atoms with Crippen molar-refractivity contribution in [1.29, 1.82) is 0 Å². The molecule has 0 aliphatic rings. The van der Waals surface area contributed by atoms with Crippen molar-refractivity contribution in [3.63, 3.8) is 0 Å². The van der Waals surface area contributed by atoms with E-state index in [1.54, 1.807) is 12.1 Å². The highest BCUT2D eigenvalue weighted by molar-refractivity contribution is 9.10. The Balaban J connectivity index is 1.20. The summed E-state index contributed by atoms with van der Waals surface area (Å²) in [5.41, 5.74) is 5.58. The third-order valence-electron chi connectivity index (χ3n) is 5.85. The van der Waals surface area contributed by atoms with Crippen molar-refractivity contribution >= 4 is 44.6 Å². The van der Waals surface area contributed by atoms with Crippen molar-refractivity contribution < 1.29 is 9.59 Å². The van der Waals surface area contributed by atoms with Crippen LogP contribution in [0.4, 0.5) is 5.82 Å². The van der Waals surface area contributed by atoms with Crippen molar-refractivity contribution in [3.05, 3.63) is 99.7 Å². The highest BCUT2D eigenvalue weighted by atomic mass is 79.9. The molecule has 0 radical (unpaired) electrons. The first-order valence-corrected chi connectivity index (χ1v) is 12.2. The number of H-pyrrole nitrogens is 2.